The van der Waals surface area contributed by atoms with Gasteiger partial charge in [-0.3, -0.25) is 0 Å². The topological polar surface area (TPSA) is 102 Å². The molecule has 0 aromatic heterocycles. The third-order valence-electron chi connectivity index (χ3n) is 2.68. The highest BCUT2D eigenvalue weighted by Crippen LogP contribution is 1.96. The zero-order valence-electron chi connectivity index (χ0n) is 15.4. The number of rotatable bonds is 13. The third-order valence-corrected chi connectivity index (χ3v) is 2.68. The van der Waals surface area contributed by atoms with Gasteiger partial charge in [0, 0.05) is 24.4 Å². The van der Waals surface area contributed by atoms with Crippen molar-refractivity contribution in [3.8, 4) is 0 Å². The maximum absolute atomic E-state index is 10.9. The highest BCUT2D eigenvalue weighted by molar-refractivity contribution is 5.87. The van der Waals surface area contributed by atoms with Gasteiger partial charge in [-0.1, -0.05) is 26.0 Å². The highest BCUT2D eigenvalue weighted by atomic mass is 16.6. The van der Waals surface area contributed by atoms with E-state index in [1.165, 1.54) is 0 Å². The van der Waals surface area contributed by atoms with Crippen molar-refractivity contribution in [1.29, 1.82) is 0 Å². The van der Waals surface area contributed by atoms with Crippen LogP contribution in [0, 0.1) is 0 Å². The molecule has 0 saturated carbocycles. The average molecular weight is 360 g/mol. The molecule has 0 fully saturated rings. The molecule has 0 heterocycles. The molecule has 0 atom stereocenters. The molecular weight excluding hydrogens is 328 g/mol. The molecule has 0 aliphatic rings. The summed E-state index contributed by atoms with van der Waals surface area (Å²) >= 11 is 0. The standard InChI is InChI=1S/C12H18O5.C6H14O2/c1-9(2)11(13)16-7-5-15-6-8-17-12(14)10(3)4;7-5-3-1-2-4-6-8/h1,3,5-8H2,2,4H3;7-8H,1-6H2. The number of ether oxygens (including phenoxy) is 3. The lowest BCUT2D eigenvalue weighted by atomic mass is 10.2. The van der Waals surface area contributed by atoms with E-state index in [9.17, 15) is 9.59 Å². The van der Waals surface area contributed by atoms with Gasteiger partial charge < -0.3 is 24.4 Å². The smallest absolute Gasteiger partial charge is 0.333 e. The van der Waals surface area contributed by atoms with Crippen molar-refractivity contribution < 1.29 is 34.0 Å². The molecule has 0 aliphatic carbocycles. The van der Waals surface area contributed by atoms with Gasteiger partial charge in [0.15, 0.2) is 0 Å². The molecule has 0 radical (unpaired) electrons. The van der Waals surface area contributed by atoms with Crippen LogP contribution in [-0.2, 0) is 23.8 Å². The molecule has 0 aromatic rings. The molecule has 0 unspecified atom stereocenters. The van der Waals surface area contributed by atoms with Crippen LogP contribution < -0.4 is 0 Å². The van der Waals surface area contributed by atoms with Gasteiger partial charge in [-0.25, -0.2) is 9.59 Å². The van der Waals surface area contributed by atoms with Gasteiger partial charge in [-0.15, -0.1) is 0 Å². The van der Waals surface area contributed by atoms with E-state index in [4.69, 9.17) is 24.4 Å². The Bertz CT molecular complexity index is 355. The lowest BCUT2D eigenvalue weighted by Gasteiger charge is -2.06. The second kappa shape index (κ2) is 18.6. The second-order valence-corrected chi connectivity index (χ2v) is 5.31. The molecule has 0 rings (SSSR count). The van der Waals surface area contributed by atoms with Gasteiger partial charge >= 0.3 is 11.9 Å². The number of aliphatic hydroxyl groups is 2. The van der Waals surface area contributed by atoms with Gasteiger partial charge in [0.2, 0.25) is 0 Å². The van der Waals surface area contributed by atoms with E-state index >= 15 is 0 Å². The average Bonchev–Trinajstić information content (AvgIpc) is 2.57. The van der Waals surface area contributed by atoms with Gasteiger partial charge in [0.05, 0.1) is 13.2 Å². The first kappa shape index (κ1) is 25.5. The summed E-state index contributed by atoms with van der Waals surface area (Å²) in [6.45, 7) is 11.4. The zero-order chi connectivity index (χ0) is 19.5. The van der Waals surface area contributed by atoms with Crippen molar-refractivity contribution in [2.75, 3.05) is 39.6 Å². The van der Waals surface area contributed by atoms with E-state index in [2.05, 4.69) is 13.2 Å². The Morgan fingerprint density at radius 3 is 1.36 bits per heavy atom. The monoisotopic (exact) mass is 360 g/mol. The number of aliphatic hydroxyl groups excluding tert-OH is 2. The first-order valence-corrected chi connectivity index (χ1v) is 8.31. The number of carbonyl (C=O) groups excluding carboxylic acids is 2. The summed E-state index contributed by atoms with van der Waals surface area (Å²) in [6, 6.07) is 0. The predicted octanol–water partition coefficient (Wildman–Crippen LogP) is 1.77. The SMILES string of the molecule is C=C(C)C(=O)OCCOCCOC(=O)C(=C)C.OCCCCCCO. The third kappa shape index (κ3) is 20.3. The summed E-state index contributed by atoms with van der Waals surface area (Å²) < 4.78 is 14.6. The normalized spacial score (nSPS) is 9.60. The molecular formula is C18H32O7. The number of carbonyl (C=O) groups is 2. The van der Waals surface area contributed by atoms with Crippen LogP contribution in [0.3, 0.4) is 0 Å². The molecule has 7 heteroatoms. The van der Waals surface area contributed by atoms with Crippen molar-refractivity contribution >= 4 is 11.9 Å². The van der Waals surface area contributed by atoms with Crippen molar-refractivity contribution in [3.05, 3.63) is 24.3 Å². The lowest BCUT2D eigenvalue weighted by molar-refractivity contribution is -0.141. The molecule has 0 aliphatic heterocycles. The fourth-order valence-electron chi connectivity index (χ4n) is 1.31. The van der Waals surface area contributed by atoms with Crippen molar-refractivity contribution in [1.82, 2.24) is 0 Å². The Morgan fingerprint density at radius 1 is 0.720 bits per heavy atom. The van der Waals surface area contributed by atoms with E-state index in [1.807, 2.05) is 0 Å². The van der Waals surface area contributed by atoms with E-state index < -0.39 is 11.9 Å². The largest absolute Gasteiger partial charge is 0.460 e. The molecule has 146 valence electrons. The van der Waals surface area contributed by atoms with Crippen LogP contribution >= 0.6 is 0 Å². The summed E-state index contributed by atoms with van der Waals surface area (Å²) in [5.74, 6) is -0.885. The summed E-state index contributed by atoms with van der Waals surface area (Å²) in [6.07, 6.45) is 3.83. The molecule has 25 heavy (non-hydrogen) atoms. The fraction of sp³-hybridized carbons (Fsp3) is 0.667. The van der Waals surface area contributed by atoms with Crippen LogP contribution in [-0.4, -0.2) is 61.8 Å². The summed E-state index contributed by atoms with van der Waals surface area (Å²) in [5.41, 5.74) is 0.695. The predicted molar refractivity (Wildman–Crippen MR) is 95.0 cm³/mol. The summed E-state index contributed by atoms with van der Waals surface area (Å²) in [5, 5.41) is 16.6. The molecule has 0 bridgehead atoms. The molecule has 0 saturated heterocycles. The van der Waals surface area contributed by atoms with Gasteiger partial charge in [-0.05, 0) is 26.7 Å². The van der Waals surface area contributed by atoms with E-state index in [0.717, 1.165) is 25.7 Å². The summed E-state index contributed by atoms with van der Waals surface area (Å²) in [4.78, 5) is 21.9. The first-order chi connectivity index (χ1) is 11.9. The minimum Gasteiger partial charge on any atom is -0.460 e. The van der Waals surface area contributed by atoms with Gasteiger partial charge in [0.25, 0.3) is 0 Å². The molecule has 0 spiro atoms. The highest BCUT2D eigenvalue weighted by Gasteiger charge is 2.03. The molecule has 2 N–H and O–H groups in total. The zero-order valence-corrected chi connectivity index (χ0v) is 15.4. The summed E-state index contributed by atoms with van der Waals surface area (Å²) in [7, 11) is 0. The Hall–Kier alpha value is -1.70. The molecule has 0 amide bonds. The van der Waals surface area contributed by atoms with Crippen LogP contribution in [0.15, 0.2) is 24.3 Å². The van der Waals surface area contributed by atoms with E-state index in [0.29, 0.717) is 11.1 Å². The Kier molecular flexibility index (Phi) is 19.0. The minimum atomic E-state index is -0.442. The maximum Gasteiger partial charge on any atom is 0.333 e. The number of hydrogen-bond donors (Lipinski definition) is 2. The van der Waals surface area contributed by atoms with E-state index in [-0.39, 0.29) is 39.6 Å². The van der Waals surface area contributed by atoms with Crippen molar-refractivity contribution in [2.24, 2.45) is 0 Å². The quantitative estimate of drug-likeness (QED) is 0.293. The van der Waals surface area contributed by atoms with Crippen LogP contribution in [0.2, 0.25) is 0 Å². The minimum absolute atomic E-state index is 0.153. The lowest BCUT2D eigenvalue weighted by Crippen LogP contribution is -2.14. The maximum atomic E-state index is 10.9. The molecule has 0 aromatic carbocycles. The first-order valence-electron chi connectivity index (χ1n) is 8.31. The van der Waals surface area contributed by atoms with Crippen LogP contribution in [0.25, 0.3) is 0 Å². The number of unbranched alkanes of at least 4 members (excludes halogenated alkanes) is 3. The van der Waals surface area contributed by atoms with Crippen LogP contribution in [0.1, 0.15) is 39.5 Å². The van der Waals surface area contributed by atoms with E-state index in [1.54, 1.807) is 13.8 Å². The van der Waals surface area contributed by atoms with Crippen molar-refractivity contribution in [2.45, 2.75) is 39.5 Å². The van der Waals surface area contributed by atoms with Gasteiger partial charge in [-0.2, -0.15) is 0 Å². The Morgan fingerprint density at radius 2 is 1.08 bits per heavy atom. The fourth-order valence-corrected chi connectivity index (χ4v) is 1.31. The second-order valence-electron chi connectivity index (χ2n) is 5.31. The van der Waals surface area contributed by atoms with Crippen LogP contribution in [0.4, 0.5) is 0 Å². The number of esters is 2. The molecule has 7 nitrogen and oxygen atoms in total. The van der Waals surface area contributed by atoms with Crippen LogP contribution in [0.5, 0.6) is 0 Å². The number of hydrogen-bond acceptors (Lipinski definition) is 7. The van der Waals surface area contributed by atoms with Crippen molar-refractivity contribution in [3.63, 3.8) is 0 Å². The van der Waals surface area contributed by atoms with Gasteiger partial charge in [0.1, 0.15) is 13.2 Å². The Labute approximate surface area is 150 Å². The Balaban J connectivity index is 0.